The fourth-order valence-corrected chi connectivity index (χ4v) is 3.09. The Morgan fingerprint density at radius 1 is 1.42 bits per heavy atom. The average Bonchev–Trinajstić information content (AvgIpc) is 2.93. The fourth-order valence-electron chi connectivity index (χ4n) is 2.14. The second-order valence-electron chi connectivity index (χ2n) is 5.61. The van der Waals surface area contributed by atoms with E-state index >= 15 is 0 Å². The highest BCUT2D eigenvalue weighted by Gasteiger charge is 2.18. The zero-order valence-electron chi connectivity index (χ0n) is 14.7. The van der Waals surface area contributed by atoms with Gasteiger partial charge in [-0.25, -0.2) is 0 Å². The Morgan fingerprint density at radius 3 is 2.85 bits per heavy atom. The van der Waals surface area contributed by atoms with Crippen molar-refractivity contribution in [2.24, 2.45) is 0 Å². The zero-order valence-corrected chi connectivity index (χ0v) is 15.6. The molecule has 1 atom stereocenters. The SMILES string of the molecule is Cc1noc(C)c1CSCC(=O)O[C@H](C)C(=O)Nc1cccc(C#N)c1. The molecule has 1 aromatic carbocycles. The molecule has 0 radical (unpaired) electrons. The van der Waals surface area contributed by atoms with Crippen molar-refractivity contribution in [1.82, 2.24) is 5.16 Å². The summed E-state index contributed by atoms with van der Waals surface area (Å²) in [6, 6.07) is 8.50. The molecule has 0 aliphatic rings. The first-order chi connectivity index (χ1) is 12.4. The Morgan fingerprint density at radius 2 is 2.19 bits per heavy atom. The highest BCUT2D eigenvalue weighted by molar-refractivity contribution is 7.99. The van der Waals surface area contributed by atoms with Gasteiger partial charge in [-0.3, -0.25) is 9.59 Å². The summed E-state index contributed by atoms with van der Waals surface area (Å²) >= 11 is 1.37. The first kappa shape index (κ1) is 19.5. The molecule has 136 valence electrons. The van der Waals surface area contributed by atoms with E-state index in [-0.39, 0.29) is 5.75 Å². The third kappa shape index (κ3) is 5.36. The lowest BCUT2D eigenvalue weighted by atomic mass is 10.2. The number of aromatic nitrogens is 1. The maximum Gasteiger partial charge on any atom is 0.316 e. The van der Waals surface area contributed by atoms with E-state index < -0.39 is 18.0 Å². The summed E-state index contributed by atoms with van der Waals surface area (Å²) in [5.74, 6) is 0.499. The maximum atomic E-state index is 12.1. The molecule has 26 heavy (non-hydrogen) atoms. The number of hydrogen-bond donors (Lipinski definition) is 1. The maximum absolute atomic E-state index is 12.1. The molecule has 8 heteroatoms. The van der Waals surface area contributed by atoms with E-state index in [9.17, 15) is 9.59 Å². The molecular formula is C18H19N3O4S. The van der Waals surface area contributed by atoms with Crippen molar-refractivity contribution in [2.75, 3.05) is 11.1 Å². The summed E-state index contributed by atoms with van der Waals surface area (Å²) in [7, 11) is 0. The number of aryl methyl sites for hydroxylation is 2. The average molecular weight is 373 g/mol. The van der Waals surface area contributed by atoms with Gasteiger partial charge in [-0.15, -0.1) is 11.8 Å². The molecule has 0 aliphatic carbocycles. The first-order valence-corrected chi connectivity index (χ1v) is 9.06. The summed E-state index contributed by atoms with van der Waals surface area (Å²) < 4.78 is 10.2. The van der Waals surface area contributed by atoms with Gasteiger partial charge in [0.1, 0.15) is 5.76 Å². The van der Waals surface area contributed by atoms with E-state index in [4.69, 9.17) is 14.5 Å². The van der Waals surface area contributed by atoms with Crippen LogP contribution in [0.3, 0.4) is 0 Å². The van der Waals surface area contributed by atoms with Gasteiger partial charge in [0.05, 0.1) is 23.1 Å². The molecule has 1 amide bonds. The van der Waals surface area contributed by atoms with E-state index in [1.165, 1.54) is 18.7 Å². The number of esters is 1. The van der Waals surface area contributed by atoms with Crippen molar-refractivity contribution in [3.05, 3.63) is 46.8 Å². The third-order valence-electron chi connectivity index (χ3n) is 3.58. The van der Waals surface area contributed by atoms with Gasteiger partial charge in [0.2, 0.25) is 0 Å². The molecule has 0 saturated carbocycles. The number of rotatable bonds is 7. The molecule has 0 bridgehead atoms. The molecule has 1 N–H and O–H groups in total. The van der Waals surface area contributed by atoms with Gasteiger partial charge in [0, 0.05) is 17.0 Å². The van der Waals surface area contributed by atoms with Crippen LogP contribution in [0, 0.1) is 25.2 Å². The second kappa shape index (κ2) is 9.06. The molecule has 2 aromatic rings. The second-order valence-corrected chi connectivity index (χ2v) is 6.60. The van der Waals surface area contributed by atoms with Gasteiger partial charge in [0.25, 0.3) is 5.91 Å². The van der Waals surface area contributed by atoms with Crippen molar-refractivity contribution in [3.63, 3.8) is 0 Å². The van der Waals surface area contributed by atoms with Gasteiger partial charge >= 0.3 is 5.97 Å². The lowest BCUT2D eigenvalue weighted by Gasteiger charge is -2.13. The van der Waals surface area contributed by atoms with Crippen LogP contribution in [0.15, 0.2) is 28.8 Å². The summed E-state index contributed by atoms with van der Waals surface area (Å²) in [6.45, 7) is 5.17. The summed E-state index contributed by atoms with van der Waals surface area (Å²) in [5.41, 5.74) is 2.68. The van der Waals surface area contributed by atoms with Crippen LogP contribution >= 0.6 is 11.8 Å². The van der Waals surface area contributed by atoms with Crippen LogP contribution in [0.1, 0.15) is 29.5 Å². The Kier molecular flexibility index (Phi) is 6.81. The number of nitrogens with zero attached hydrogens (tertiary/aromatic N) is 2. The van der Waals surface area contributed by atoms with Gasteiger partial charge < -0.3 is 14.6 Å². The monoisotopic (exact) mass is 373 g/mol. The first-order valence-electron chi connectivity index (χ1n) is 7.90. The van der Waals surface area contributed by atoms with Crippen LogP contribution in [0.5, 0.6) is 0 Å². The van der Waals surface area contributed by atoms with Crippen LogP contribution in [0.4, 0.5) is 5.69 Å². The molecule has 0 fully saturated rings. The molecule has 2 rings (SSSR count). The molecular weight excluding hydrogens is 354 g/mol. The predicted molar refractivity (Wildman–Crippen MR) is 97.5 cm³/mol. The van der Waals surface area contributed by atoms with Crippen LogP contribution < -0.4 is 5.32 Å². The standard InChI is InChI=1S/C18H19N3O4S/c1-11-16(12(2)25-21-11)9-26-10-17(22)24-13(3)18(23)20-15-6-4-5-14(7-15)8-19/h4-7,13H,9-10H2,1-3H3,(H,20,23)/t13-/m1/s1. The minimum atomic E-state index is -0.937. The number of thioether (sulfide) groups is 1. The van der Waals surface area contributed by atoms with Gasteiger partial charge in [-0.05, 0) is 39.0 Å². The Bertz CT molecular complexity index is 822. The molecule has 0 aliphatic heterocycles. The number of carbonyl (C=O) groups is 2. The zero-order chi connectivity index (χ0) is 19.1. The molecule has 0 spiro atoms. The molecule has 7 nitrogen and oxygen atoms in total. The molecule has 1 aromatic heterocycles. The minimum absolute atomic E-state index is 0.117. The fraction of sp³-hybridized carbons (Fsp3) is 0.333. The summed E-state index contributed by atoms with van der Waals surface area (Å²) in [6.07, 6.45) is -0.937. The molecule has 0 saturated heterocycles. The highest BCUT2D eigenvalue weighted by Crippen LogP contribution is 2.19. The van der Waals surface area contributed by atoms with Crippen molar-refractivity contribution >= 4 is 29.3 Å². The predicted octanol–water partition coefficient (Wildman–Crippen LogP) is 2.97. The normalized spacial score (nSPS) is 11.5. The van der Waals surface area contributed by atoms with Crippen molar-refractivity contribution < 1.29 is 18.8 Å². The topological polar surface area (TPSA) is 105 Å². The van der Waals surface area contributed by atoms with E-state index in [1.807, 2.05) is 19.9 Å². The van der Waals surface area contributed by atoms with Crippen molar-refractivity contribution in [1.29, 1.82) is 5.26 Å². The number of anilines is 1. The van der Waals surface area contributed by atoms with Crippen LogP contribution in [0.25, 0.3) is 0 Å². The van der Waals surface area contributed by atoms with Crippen LogP contribution in [-0.4, -0.2) is 28.9 Å². The Hall–Kier alpha value is -2.79. The quantitative estimate of drug-likeness (QED) is 0.744. The smallest absolute Gasteiger partial charge is 0.316 e. The van der Waals surface area contributed by atoms with Gasteiger partial charge in [-0.1, -0.05) is 11.2 Å². The van der Waals surface area contributed by atoms with E-state index in [0.717, 1.165) is 17.0 Å². The minimum Gasteiger partial charge on any atom is -0.452 e. The summed E-state index contributed by atoms with van der Waals surface area (Å²) in [5, 5.41) is 15.3. The van der Waals surface area contributed by atoms with Gasteiger partial charge in [-0.2, -0.15) is 5.26 Å². The van der Waals surface area contributed by atoms with Crippen LogP contribution in [0.2, 0.25) is 0 Å². The van der Waals surface area contributed by atoms with Gasteiger partial charge in [0.15, 0.2) is 6.10 Å². The summed E-state index contributed by atoms with van der Waals surface area (Å²) in [4.78, 5) is 24.0. The molecule has 0 unspecified atom stereocenters. The van der Waals surface area contributed by atoms with Crippen molar-refractivity contribution in [2.45, 2.75) is 32.6 Å². The number of amides is 1. The molecule has 1 heterocycles. The number of nitriles is 1. The lowest BCUT2D eigenvalue weighted by molar-refractivity contribution is -0.150. The van der Waals surface area contributed by atoms with Crippen LogP contribution in [-0.2, 0) is 20.1 Å². The Balaban J connectivity index is 1.78. The Labute approximate surface area is 155 Å². The lowest BCUT2D eigenvalue weighted by Crippen LogP contribution is -2.30. The van der Waals surface area contributed by atoms with E-state index in [1.54, 1.807) is 24.3 Å². The van der Waals surface area contributed by atoms with E-state index in [2.05, 4.69) is 10.5 Å². The third-order valence-corrected chi connectivity index (χ3v) is 4.52. The number of carbonyl (C=O) groups excluding carboxylic acids is 2. The number of hydrogen-bond acceptors (Lipinski definition) is 7. The van der Waals surface area contributed by atoms with E-state index in [0.29, 0.717) is 17.0 Å². The largest absolute Gasteiger partial charge is 0.452 e. The number of benzene rings is 1. The number of ether oxygens (including phenoxy) is 1. The highest BCUT2D eigenvalue weighted by atomic mass is 32.2. The van der Waals surface area contributed by atoms with Crippen molar-refractivity contribution in [3.8, 4) is 6.07 Å². The number of nitrogens with one attached hydrogen (secondary N) is 1.